The zero-order valence-electron chi connectivity index (χ0n) is 18.5. The van der Waals surface area contributed by atoms with Crippen molar-refractivity contribution in [2.45, 2.75) is 13.2 Å². The topological polar surface area (TPSA) is 99.0 Å². The Bertz CT molecular complexity index is 1310. The largest absolute Gasteiger partial charge is 0.493 e. The molecule has 0 unspecified atom stereocenters. The van der Waals surface area contributed by atoms with Crippen molar-refractivity contribution >= 4 is 46.3 Å². The van der Waals surface area contributed by atoms with Gasteiger partial charge in [0.05, 0.1) is 23.5 Å². The molecule has 0 spiro atoms. The van der Waals surface area contributed by atoms with Gasteiger partial charge in [-0.15, -0.1) is 0 Å². The Balaban J connectivity index is 1.45. The molecule has 35 heavy (non-hydrogen) atoms. The summed E-state index contributed by atoms with van der Waals surface area (Å²) in [7, 11) is 1.50. The van der Waals surface area contributed by atoms with Crippen LogP contribution in [0.3, 0.4) is 0 Å². The molecule has 1 aliphatic heterocycles. The molecule has 4 rings (SSSR count). The van der Waals surface area contributed by atoms with Crippen LogP contribution in [0.1, 0.15) is 16.7 Å². The third-order valence-corrected chi connectivity index (χ3v) is 6.31. The third kappa shape index (κ3) is 5.82. The van der Waals surface area contributed by atoms with Crippen LogP contribution in [0.15, 0.2) is 71.6 Å². The summed E-state index contributed by atoms with van der Waals surface area (Å²) in [5, 5.41) is 11.0. The van der Waals surface area contributed by atoms with E-state index in [2.05, 4.69) is 0 Å². The SMILES string of the molecule is COc1cc(/C=C2\SC(=O)N(Cc3ccc(Cl)cc3)C2=O)ccc1OCc1ccc([N+](=O)[O-])cc1. The quantitative estimate of drug-likeness (QED) is 0.206. The van der Waals surface area contributed by atoms with E-state index in [9.17, 15) is 19.7 Å². The van der Waals surface area contributed by atoms with Crippen molar-refractivity contribution in [1.82, 2.24) is 4.90 Å². The van der Waals surface area contributed by atoms with E-state index < -0.39 is 4.92 Å². The second-order valence-electron chi connectivity index (χ2n) is 7.52. The van der Waals surface area contributed by atoms with Crippen LogP contribution in [-0.2, 0) is 17.9 Å². The van der Waals surface area contributed by atoms with Crippen molar-refractivity contribution < 1.29 is 24.0 Å². The van der Waals surface area contributed by atoms with E-state index >= 15 is 0 Å². The Morgan fingerprint density at radius 1 is 1.00 bits per heavy atom. The molecule has 0 bridgehead atoms. The number of hydrogen-bond acceptors (Lipinski definition) is 7. The van der Waals surface area contributed by atoms with Crippen molar-refractivity contribution in [3.63, 3.8) is 0 Å². The van der Waals surface area contributed by atoms with E-state index in [1.54, 1.807) is 60.7 Å². The van der Waals surface area contributed by atoms with Crippen LogP contribution in [-0.4, -0.2) is 28.1 Å². The van der Waals surface area contributed by atoms with E-state index in [1.165, 1.54) is 24.1 Å². The summed E-state index contributed by atoms with van der Waals surface area (Å²) in [5.74, 6) is 0.548. The average molecular weight is 511 g/mol. The van der Waals surface area contributed by atoms with E-state index in [0.29, 0.717) is 27.0 Å². The van der Waals surface area contributed by atoms with Gasteiger partial charge in [-0.05, 0) is 70.9 Å². The number of halogens is 1. The molecule has 2 amide bonds. The smallest absolute Gasteiger partial charge is 0.293 e. The minimum atomic E-state index is -0.460. The summed E-state index contributed by atoms with van der Waals surface area (Å²) in [6.07, 6.45) is 1.63. The van der Waals surface area contributed by atoms with E-state index in [4.69, 9.17) is 21.1 Å². The Morgan fingerprint density at radius 3 is 2.34 bits per heavy atom. The highest BCUT2D eigenvalue weighted by Gasteiger charge is 2.35. The number of nitrogens with zero attached hydrogens (tertiary/aromatic N) is 2. The molecule has 0 atom stereocenters. The number of benzene rings is 3. The first-order valence-electron chi connectivity index (χ1n) is 10.4. The van der Waals surface area contributed by atoms with Gasteiger partial charge in [0.2, 0.25) is 0 Å². The van der Waals surface area contributed by atoms with Gasteiger partial charge in [-0.3, -0.25) is 24.6 Å². The number of carbonyl (C=O) groups excluding carboxylic acids is 2. The van der Waals surface area contributed by atoms with Crippen LogP contribution >= 0.6 is 23.4 Å². The number of methoxy groups -OCH3 is 1. The molecule has 1 saturated heterocycles. The van der Waals surface area contributed by atoms with Crippen molar-refractivity contribution in [3.8, 4) is 11.5 Å². The number of amides is 2. The lowest BCUT2D eigenvalue weighted by Gasteiger charge is -2.12. The predicted molar refractivity (Wildman–Crippen MR) is 133 cm³/mol. The molecule has 8 nitrogen and oxygen atoms in total. The lowest BCUT2D eigenvalue weighted by atomic mass is 10.1. The maximum absolute atomic E-state index is 12.8. The number of thioether (sulfide) groups is 1. The van der Waals surface area contributed by atoms with Gasteiger partial charge in [-0.1, -0.05) is 29.8 Å². The minimum Gasteiger partial charge on any atom is -0.493 e. The number of rotatable bonds is 8. The second kappa shape index (κ2) is 10.6. The highest BCUT2D eigenvalue weighted by molar-refractivity contribution is 8.18. The first-order chi connectivity index (χ1) is 16.8. The van der Waals surface area contributed by atoms with Gasteiger partial charge < -0.3 is 9.47 Å². The first-order valence-corrected chi connectivity index (χ1v) is 11.6. The van der Waals surface area contributed by atoms with Crippen LogP contribution in [0.4, 0.5) is 10.5 Å². The Hall–Kier alpha value is -3.82. The van der Waals surface area contributed by atoms with Crippen LogP contribution < -0.4 is 9.47 Å². The number of ether oxygens (including phenoxy) is 2. The van der Waals surface area contributed by atoms with Crippen LogP contribution in [0, 0.1) is 10.1 Å². The van der Waals surface area contributed by atoms with Crippen molar-refractivity contribution in [1.29, 1.82) is 0 Å². The van der Waals surface area contributed by atoms with E-state index in [-0.39, 0.29) is 30.0 Å². The molecule has 3 aromatic rings. The molecular weight excluding hydrogens is 492 g/mol. The first kappa shape index (κ1) is 24.3. The van der Waals surface area contributed by atoms with Gasteiger partial charge in [0.1, 0.15) is 6.61 Å². The normalized spacial score (nSPS) is 14.5. The number of non-ortho nitro benzene ring substituents is 1. The number of hydrogen-bond donors (Lipinski definition) is 0. The molecular formula is C25H19ClN2O6S. The fourth-order valence-electron chi connectivity index (χ4n) is 3.33. The molecule has 178 valence electrons. The highest BCUT2D eigenvalue weighted by Crippen LogP contribution is 2.35. The standard InChI is InChI=1S/C25H19ClN2O6S/c1-33-22-12-18(6-11-21(22)34-15-17-4-9-20(10-5-17)28(31)32)13-23-24(29)27(25(30)35-23)14-16-2-7-19(26)8-3-16/h2-13H,14-15H2,1H3/b23-13-. The number of imide groups is 1. The Labute approximate surface area is 210 Å². The Morgan fingerprint density at radius 2 is 1.69 bits per heavy atom. The monoisotopic (exact) mass is 510 g/mol. The van der Waals surface area contributed by atoms with Gasteiger partial charge in [-0.25, -0.2) is 0 Å². The van der Waals surface area contributed by atoms with Crippen molar-refractivity contribution in [3.05, 3.63) is 103 Å². The van der Waals surface area contributed by atoms with Gasteiger partial charge in [0.15, 0.2) is 11.5 Å². The van der Waals surface area contributed by atoms with Gasteiger partial charge in [0.25, 0.3) is 16.8 Å². The molecule has 1 aliphatic rings. The second-order valence-corrected chi connectivity index (χ2v) is 8.95. The highest BCUT2D eigenvalue weighted by atomic mass is 35.5. The lowest BCUT2D eigenvalue weighted by Crippen LogP contribution is -2.27. The fourth-order valence-corrected chi connectivity index (χ4v) is 4.29. The van der Waals surface area contributed by atoms with E-state index in [0.717, 1.165) is 22.9 Å². The molecule has 1 fully saturated rings. The van der Waals surface area contributed by atoms with Crippen LogP contribution in [0.5, 0.6) is 11.5 Å². The maximum Gasteiger partial charge on any atom is 0.293 e. The average Bonchev–Trinajstić information content (AvgIpc) is 3.11. The summed E-state index contributed by atoms with van der Waals surface area (Å²) in [6, 6.07) is 18.2. The van der Waals surface area contributed by atoms with Gasteiger partial charge >= 0.3 is 0 Å². The summed E-state index contributed by atoms with van der Waals surface area (Å²) in [5.41, 5.74) is 2.24. The summed E-state index contributed by atoms with van der Waals surface area (Å²) >= 11 is 6.78. The molecule has 0 aromatic heterocycles. The molecule has 0 saturated carbocycles. The van der Waals surface area contributed by atoms with Gasteiger partial charge in [0, 0.05) is 17.2 Å². The van der Waals surface area contributed by atoms with Crippen molar-refractivity contribution in [2.75, 3.05) is 7.11 Å². The number of carbonyl (C=O) groups is 2. The summed E-state index contributed by atoms with van der Waals surface area (Å²) < 4.78 is 11.2. The zero-order valence-corrected chi connectivity index (χ0v) is 20.0. The molecule has 0 N–H and O–H groups in total. The number of nitro groups is 1. The fraction of sp³-hybridized carbons (Fsp3) is 0.120. The molecule has 0 aliphatic carbocycles. The van der Waals surface area contributed by atoms with Crippen LogP contribution in [0.25, 0.3) is 6.08 Å². The Kier molecular flexibility index (Phi) is 7.38. The zero-order chi connectivity index (χ0) is 24.9. The molecule has 1 heterocycles. The predicted octanol–water partition coefficient (Wildman–Crippen LogP) is 6.07. The van der Waals surface area contributed by atoms with E-state index in [1.807, 2.05) is 0 Å². The lowest BCUT2D eigenvalue weighted by molar-refractivity contribution is -0.384. The van der Waals surface area contributed by atoms with Crippen LogP contribution in [0.2, 0.25) is 5.02 Å². The number of nitro benzene ring substituents is 1. The minimum absolute atomic E-state index is 0.00765. The summed E-state index contributed by atoms with van der Waals surface area (Å²) in [6.45, 7) is 0.356. The molecule has 10 heteroatoms. The van der Waals surface area contributed by atoms with Crippen molar-refractivity contribution in [2.24, 2.45) is 0 Å². The molecule has 3 aromatic carbocycles. The molecule has 0 radical (unpaired) electrons. The third-order valence-electron chi connectivity index (χ3n) is 5.15. The van der Waals surface area contributed by atoms with Gasteiger partial charge in [-0.2, -0.15) is 0 Å². The maximum atomic E-state index is 12.8. The summed E-state index contributed by atoms with van der Waals surface area (Å²) in [4.78, 5) is 37.1.